The average Bonchev–Trinajstić information content (AvgIpc) is 2.34. The Morgan fingerprint density at radius 1 is 1.53 bits per heavy atom. The number of nitrogens with two attached hydrogens (primary N) is 1. The van der Waals surface area contributed by atoms with Crippen molar-refractivity contribution >= 4 is 5.91 Å². The van der Waals surface area contributed by atoms with E-state index in [9.17, 15) is 9.90 Å². The minimum atomic E-state index is -1.09. The number of benzene rings is 1. The summed E-state index contributed by atoms with van der Waals surface area (Å²) in [5.41, 5.74) is 7.63. The van der Waals surface area contributed by atoms with E-state index in [1.54, 1.807) is 7.05 Å². The molecule has 4 heteroatoms. The smallest absolute Gasteiger partial charge is 0.252 e. The van der Waals surface area contributed by atoms with E-state index in [-0.39, 0.29) is 12.5 Å². The minimum Gasteiger partial charge on any atom is -0.382 e. The maximum Gasteiger partial charge on any atom is 0.252 e. The predicted octanol–water partition coefficient (Wildman–Crippen LogP) is 0.316. The number of hydrogen-bond acceptors (Lipinski definition) is 3. The van der Waals surface area contributed by atoms with Gasteiger partial charge in [0.1, 0.15) is 6.10 Å². The van der Waals surface area contributed by atoms with Crippen LogP contribution in [-0.4, -0.2) is 42.2 Å². The molecule has 0 radical (unpaired) electrons. The highest BCUT2D eigenvalue weighted by Crippen LogP contribution is 2.05. The van der Waals surface area contributed by atoms with Crippen LogP contribution in [0.3, 0.4) is 0 Å². The number of likely N-dealkylation sites (N-methyl/N-ethyl adjacent to an activating group) is 1. The monoisotopic (exact) mass is 236 g/mol. The molecule has 0 aliphatic rings. The fourth-order valence-electron chi connectivity index (χ4n) is 1.63. The predicted molar refractivity (Wildman–Crippen MR) is 67.6 cm³/mol. The van der Waals surface area contributed by atoms with E-state index >= 15 is 0 Å². The number of aliphatic hydroxyl groups is 1. The first-order valence-corrected chi connectivity index (χ1v) is 5.73. The Kier molecular flexibility index (Phi) is 5.12. The fourth-order valence-corrected chi connectivity index (χ4v) is 1.63. The van der Waals surface area contributed by atoms with Crippen molar-refractivity contribution in [3.8, 4) is 0 Å². The van der Waals surface area contributed by atoms with Gasteiger partial charge in [0, 0.05) is 20.1 Å². The van der Waals surface area contributed by atoms with Crippen molar-refractivity contribution in [1.82, 2.24) is 4.90 Å². The second kappa shape index (κ2) is 6.37. The molecule has 0 saturated carbocycles. The molecule has 0 aliphatic heterocycles. The van der Waals surface area contributed by atoms with Gasteiger partial charge in [0.2, 0.25) is 0 Å². The molecule has 1 aromatic rings. The maximum absolute atomic E-state index is 11.6. The van der Waals surface area contributed by atoms with Crippen LogP contribution in [-0.2, 0) is 11.2 Å². The molecule has 0 spiro atoms. The molecule has 1 unspecified atom stereocenters. The third-order valence-corrected chi connectivity index (χ3v) is 2.70. The third-order valence-electron chi connectivity index (χ3n) is 2.70. The van der Waals surface area contributed by atoms with E-state index in [0.717, 1.165) is 6.42 Å². The molecule has 1 atom stereocenters. The minimum absolute atomic E-state index is 0.0341. The summed E-state index contributed by atoms with van der Waals surface area (Å²) in [6, 6.07) is 8.17. The maximum atomic E-state index is 11.6. The second-order valence-corrected chi connectivity index (χ2v) is 4.25. The van der Waals surface area contributed by atoms with Crippen LogP contribution in [0.4, 0.5) is 0 Å². The van der Waals surface area contributed by atoms with E-state index < -0.39 is 6.10 Å². The first-order valence-electron chi connectivity index (χ1n) is 5.73. The van der Waals surface area contributed by atoms with Gasteiger partial charge in [-0.3, -0.25) is 4.79 Å². The molecule has 0 heterocycles. The Balaban J connectivity index is 2.48. The van der Waals surface area contributed by atoms with Gasteiger partial charge in [-0.05, 0) is 18.9 Å². The van der Waals surface area contributed by atoms with Crippen molar-refractivity contribution in [3.05, 3.63) is 35.4 Å². The van der Waals surface area contributed by atoms with Crippen molar-refractivity contribution in [2.75, 3.05) is 20.1 Å². The van der Waals surface area contributed by atoms with E-state index in [2.05, 4.69) is 6.07 Å². The first-order chi connectivity index (χ1) is 8.04. The van der Waals surface area contributed by atoms with Gasteiger partial charge in [0.15, 0.2) is 0 Å². The Hall–Kier alpha value is -1.39. The average molecular weight is 236 g/mol. The Morgan fingerprint density at radius 2 is 2.24 bits per heavy atom. The number of amides is 1. The summed E-state index contributed by atoms with van der Waals surface area (Å²) >= 11 is 0. The van der Waals surface area contributed by atoms with Gasteiger partial charge in [0.05, 0.1) is 0 Å². The van der Waals surface area contributed by atoms with Crippen molar-refractivity contribution in [2.45, 2.75) is 19.4 Å². The van der Waals surface area contributed by atoms with Crippen LogP contribution in [0, 0.1) is 6.92 Å². The van der Waals surface area contributed by atoms with Crippen molar-refractivity contribution < 1.29 is 9.90 Å². The highest BCUT2D eigenvalue weighted by molar-refractivity contribution is 5.80. The van der Waals surface area contributed by atoms with Crippen LogP contribution in [0.2, 0.25) is 0 Å². The number of aliphatic hydroxyl groups excluding tert-OH is 1. The Bertz CT molecular complexity index is 379. The third kappa shape index (κ3) is 4.17. The zero-order chi connectivity index (χ0) is 12.8. The molecule has 0 saturated heterocycles. The first kappa shape index (κ1) is 13.7. The highest BCUT2D eigenvalue weighted by Gasteiger charge is 2.17. The van der Waals surface area contributed by atoms with Gasteiger partial charge in [-0.1, -0.05) is 29.8 Å². The molecule has 1 rings (SSSR count). The summed E-state index contributed by atoms with van der Waals surface area (Å²) < 4.78 is 0. The Morgan fingerprint density at radius 3 is 2.82 bits per heavy atom. The number of nitrogens with zero attached hydrogens (tertiary/aromatic N) is 1. The van der Waals surface area contributed by atoms with Crippen LogP contribution in [0.5, 0.6) is 0 Å². The van der Waals surface area contributed by atoms with Crippen molar-refractivity contribution in [2.24, 2.45) is 5.73 Å². The van der Waals surface area contributed by atoms with Gasteiger partial charge in [-0.15, -0.1) is 0 Å². The molecule has 0 fully saturated rings. The zero-order valence-electron chi connectivity index (χ0n) is 10.4. The molecule has 3 N–H and O–H groups in total. The lowest BCUT2D eigenvalue weighted by Crippen LogP contribution is -2.41. The SMILES string of the molecule is Cc1cccc(CCN(C)C(=O)C(O)CN)c1. The zero-order valence-corrected chi connectivity index (χ0v) is 10.4. The van der Waals surface area contributed by atoms with E-state index in [0.29, 0.717) is 6.54 Å². The molecular weight excluding hydrogens is 216 g/mol. The molecule has 17 heavy (non-hydrogen) atoms. The number of aryl methyl sites for hydroxylation is 1. The van der Waals surface area contributed by atoms with Crippen LogP contribution in [0.25, 0.3) is 0 Å². The van der Waals surface area contributed by atoms with E-state index in [1.165, 1.54) is 16.0 Å². The fraction of sp³-hybridized carbons (Fsp3) is 0.462. The summed E-state index contributed by atoms with van der Waals surface area (Å²) in [4.78, 5) is 13.1. The second-order valence-electron chi connectivity index (χ2n) is 4.25. The lowest BCUT2D eigenvalue weighted by molar-refractivity contribution is -0.138. The Labute approximate surface area is 102 Å². The number of carbonyl (C=O) groups excluding carboxylic acids is 1. The summed E-state index contributed by atoms with van der Waals surface area (Å²) in [7, 11) is 1.68. The van der Waals surface area contributed by atoms with Crippen LogP contribution >= 0.6 is 0 Å². The number of hydrogen-bond donors (Lipinski definition) is 2. The summed E-state index contributed by atoms with van der Waals surface area (Å²) in [5.74, 6) is -0.319. The lowest BCUT2D eigenvalue weighted by Gasteiger charge is -2.19. The summed E-state index contributed by atoms with van der Waals surface area (Å²) in [5, 5.41) is 9.32. The molecule has 0 bridgehead atoms. The van der Waals surface area contributed by atoms with E-state index in [4.69, 9.17) is 5.73 Å². The normalized spacial score (nSPS) is 12.2. The molecule has 1 aromatic carbocycles. The van der Waals surface area contributed by atoms with Gasteiger partial charge < -0.3 is 15.7 Å². The molecular formula is C13H20N2O2. The molecule has 94 valence electrons. The highest BCUT2D eigenvalue weighted by atomic mass is 16.3. The standard InChI is InChI=1S/C13H20N2O2/c1-10-4-3-5-11(8-10)6-7-15(2)13(17)12(16)9-14/h3-5,8,12,16H,6-7,9,14H2,1-2H3. The van der Waals surface area contributed by atoms with Crippen LogP contribution in [0.1, 0.15) is 11.1 Å². The summed E-state index contributed by atoms with van der Waals surface area (Å²) in [6.45, 7) is 2.59. The van der Waals surface area contributed by atoms with Crippen LogP contribution in [0.15, 0.2) is 24.3 Å². The van der Waals surface area contributed by atoms with Gasteiger partial charge in [-0.2, -0.15) is 0 Å². The summed E-state index contributed by atoms with van der Waals surface area (Å²) in [6.07, 6.45) is -0.307. The molecule has 0 aromatic heterocycles. The van der Waals surface area contributed by atoms with Crippen molar-refractivity contribution in [3.63, 3.8) is 0 Å². The lowest BCUT2D eigenvalue weighted by atomic mass is 10.1. The number of carbonyl (C=O) groups is 1. The molecule has 1 amide bonds. The van der Waals surface area contributed by atoms with Gasteiger partial charge in [-0.25, -0.2) is 0 Å². The topological polar surface area (TPSA) is 66.6 Å². The quantitative estimate of drug-likeness (QED) is 0.773. The molecule has 0 aliphatic carbocycles. The van der Waals surface area contributed by atoms with Crippen LogP contribution < -0.4 is 5.73 Å². The van der Waals surface area contributed by atoms with Gasteiger partial charge >= 0.3 is 0 Å². The van der Waals surface area contributed by atoms with Gasteiger partial charge in [0.25, 0.3) is 5.91 Å². The number of rotatable bonds is 5. The van der Waals surface area contributed by atoms with E-state index in [1.807, 2.05) is 25.1 Å². The van der Waals surface area contributed by atoms with Crippen molar-refractivity contribution in [1.29, 1.82) is 0 Å². The molecule has 4 nitrogen and oxygen atoms in total. The largest absolute Gasteiger partial charge is 0.382 e.